The fraction of sp³-hybridized carbons (Fsp3) is 0.583. The van der Waals surface area contributed by atoms with Crippen LogP contribution in [-0.2, 0) is 6.54 Å². The van der Waals surface area contributed by atoms with Crippen LogP contribution in [0.5, 0.6) is 0 Å². The number of nitrogens with one attached hydrogen (secondary N) is 2. The number of hydrogen-bond acceptors (Lipinski definition) is 2. The summed E-state index contributed by atoms with van der Waals surface area (Å²) in [4.78, 5) is 11.9. The lowest BCUT2D eigenvalue weighted by Gasteiger charge is -2.13. The minimum atomic E-state index is -2.46. The second-order valence-corrected chi connectivity index (χ2v) is 4.44. The first-order chi connectivity index (χ1) is 8.66. The van der Waals surface area contributed by atoms with E-state index < -0.39 is 13.0 Å². The molecule has 100 valence electrons. The Kier molecular flexibility index (Phi) is 4.30. The molecule has 1 fully saturated rings. The van der Waals surface area contributed by atoms with Gasteiger partial charge in [-0.1, -0.05) is 0 Å². The van der Waals surface area contributed by atoms with Gasteiger partial charge in [-0.05, 0) is 31.5 Å². The van der Waals surface area contributed by atoms with Crippen LogP contribution < -0.4 is 10.6 Å². The first-order valence-corrected chi connectivity index (χ1v) is 6.11. The van der Waals surface area contributed by atoms with Crippen molar-refractivity contribution < 1.29 is 13.6 Å². The van der Waals surface area contributed by atoms with Crippen LogP contribution in [0.4, 0.5) is 8.78 Å². The molecule has 18 heavy (non-hydrogen) atoms. The van der Waals surface area contributed by atoms with E-state index in [0.29, 0.717) is 12.6 Å². The van der Waals surface area contributed by atoms with Gasteiger partial charge in [0.15, 0.2) is 0 Å². The van der Waals surface area contributed by atoms with Gasteiger partial charge in [-0.3, -0.25) is 4.79 Å². The third-order valence-corrected chi connectivity index (χ3v) is 3.07. The zero-order chi connectivity index (χ0) is 13.0. The predicted octanol–water partition coefficient (Wildman–Crippen LogP) is 1.23. The summed E-state index contributed by atoms with van der Waals surface area (Å²) in [6.07, 6.45) is 1.19. The van der Waals surface area contributed by atoms with Gasteiger partial charge < -0.3 is 15.2 Å². The normalized spacial score (nSPS) is 19.4. The zero-order valence-electron chi connectivity index (χ0n) is 10.0. The number of halogens is 2. The van der Waals surface area contributed by atoms with Crippen molar-refractivity contribution in [3.63, 3.8) is 0 Å². The molecule has 1 atom stereocenters. The monoisotopic (exact) mass is 257 g/mol. The Labute approximate surface area is 104 Å². The molecule has 0 bridgehead atoms. The zero-order valence-corrected chi connectivity index (χ0v) is 10.0. The SMILES string of the molecule is O=C(NCC1CCCN1)c1cccn1CC(F)F. The Hall–Kier alpha value is -1.43. The Morgan fingerprint density at radius 2 is 2.44 bits per heavy atom. The van der Waals surface area contributed by atoms with Gasteiger partial charge in [0.05, 0.1) is 6.54 Å². The lowest BCUT2D eigenvalue weighted by Crippen LogP contribution is -2.37. The second kappa shape index (κ2) is 5.95. The second-order valence-electron chi connectivity index (χ2n) is 4.44. The van der Waals surface area contributed by atoms with Crippen molar-refractivity contribution in [3.8, 4) is 0 Å². The van der Waals surface area contributed by atoms with Crippen LogP contribution in [0, 0.1) is 0 Å². The van der Waals surface area contributed by atoms with Crippen molar-refractivity contribution in [2.45, 2.75) is 31.9 Å². The maximum absolute atomic E-state index is 12.3. The van der Waals surface area contributed by atoms with Crippen molar-refractivity contribution >= 4 is 5.91 Å². The summed E-state index contributed by atoms with van der Waals surface area (Å²) >= 11 is 0. The third-order valence-electron chi connectivity index (χ3n) is 3.07. The highest BCUT2D eigenvalue weighted by Crippen LogP contribution is 2.07. The standard InChI is InChI=1S/C12H17F2N3O/c13-11(14)8-17-6-2-4-10(17)12(18)16-7-9-3-1-5-15-9/h2,4,6,9,11,15H,1,3,5,7-8H2,(H,16,18). The average Bonchev–Trinajstić information content (AvgIpc) is 2.95. The number of carbonyl (C=O) groups is 1. The van der Waals surface area contributed by atoms with Gasteiger partial charge in [0, 0.05) is 18.8 Å². The van der Waals surface area contributed by atoms with Crippen LogP contribution in [-0.4, -0.2) is 36.0 Å². The average molecular weight is 257 g/mol. The van der Waals surface area contributed by atoms with E-state index in [4.69, 9.17) is 0 Å². The maximum Gasteiger partial charge on any atom is 0.267 e. The summed E-state index contributed by atoms with van der Waals surface area (Å²) in [6.45, 7) is 1.07. The minimum absolute atomic E-state index is 0.285. The molecule has 1 aliphatic heterocycles. The summed E-state index contributed by atoms with van der Waals surface area (Å²) in [7, 11) is 0. The summed E-state index contributed by atoms with van der Waals surface area (Å²) in [5.41, 5.74) is 0.285. The quantitative estimate of drug-likeness (QED) is 0.833. The van der Waals surface area contributed by atoms with Crippen LogP contribution in [0.15, 0.2) is 18.3 Å². The number of hydrogen-bond donors (Lipinski definition) is 2. The van der Waals surface area contributed by atoms with Gasteiger partial charge in [-0.25, -0.2) is 8.78 Å². The number of alkyl halides is 2. The third kappa shape index (κ3) is 3.29. The molecule has 4 nitrogen and oxygen atoms in total. The molecule has 2 heterocycles. The molecular weight excluding hydrogens is 240 g/mol. The molecule has 1 amide bonds. The fourth-order valence-electron chi connectivity index (χ4n) is 2.17. The molecule has 0 aliphatic carbocycles. The molecule has 2 rings (SSSR count). The topological polar surface area (TPSA) is 46.1 Å². The van der Waals surface area contributed by atoms with Crippen molar-refractivity contribution in [1.29, 1.82) is 0 Å². The van der Waals surface area contributed by atoms with E-state index in [-0.39, 0.29) is 11.6 Å². The number of rotatable bonds is 5. The van der Waals surface area contributed by atoms with E-state index >= 15 is 0 Å². The Morgan fingerprint density at radius 1 is 1.61 bits per heavy atom. The van der Waals surface area contributed by atoms with Crippen LogP contribution in [0.25, 0.3) is 0 Å². The van der Waals surface area contributed by atoms with E-state index in [1.54, 1.807) is 12.1 Å². The van der Waals surface area contributed by atoms with Gasteiger partial charge in [0.1, 0.15) is 5.69 Å². The molecule has 0 spiro atoms. The van der Waals surface area contributed by atoms with Crippen molar-refractivity contribution in [2.24, 2.45) is 0 Å². The number of nitrogens with zero attached hydrogens (tertiary/aromatic N) is 1. The molecule has 1 aliphatic rings. The van der Waals surface area contributed by atoms with Gasteiger partial charge in [0.25, 0.3) is 12.3 Å². The van der Waals surface area contributed by atoms with E-state index in [1.807, 2.05) is 0 Å². The maximum atomic E-state index is 12.3. The molecule has 2 N–H and O–H groups in total. The molecule has 0 aromatic carbocycles. The van der Waals surface area contributed by atoms with Gasteiger partial charge in [-0.2, -0.15) is 0 Å². The predicted molar refractivity (Wildman–Crippen MR) is 63.8 cm³/mol. The molecule has 6 heteroatoms. The summed E-state index contributed by atoms with van der Waals surface area (Å²) in [5.74, 6) is -0.297. The van der Waals surface area contributed by atoms with Crippen LogP contribution in [0.3, 0.4) is 0 Å². The van der Waals surface area contributed by atoms with Crippen LogP contribution in [0.1, 0.15) is 23.3 Å². The van der Waals surface area contributed by atoms with E-state index in [2.05, 4.69) is 10.6 Å². The number of carbonyl (C=O) groups excluding carboxylic acids is 1. The Balaban J connectivity index is 1.89. The largest absolute Gasteiger partial charge is 0.349 e. The van der Waals surface area contributed by atoms with E-state index in [0.717, 1.165) is 19.4 Å². The summed E-state index contributed by atoms with van der Waals surface area (Å²) < 4.78 is 25.9. The van der Waals surface area contributed by atoms with Crippen molar-refractivity contribution in [3.05, 3.63) is 24.0 Å². The lowest BCUT2D eigenvalue weighted by atomic mass is 10.2. The smallest absolute Gasteiger partial charge is 0.267 e. The van der Waals surface area contributed by atoms with Crippen molar-refractivity contribution in [2.75, 3.05) is 13.1 Å². The van der Waals surface area contributed by atoms with Crippen LogP contribution >= 0.6 is 0 Å². The molecule has 1 saturated heterocycles. The van der Waals surface area contributed by atoms with E-state index in [1.165, 1.54) is 10.8 Å². The minimum Gasteiger partial charge on any atom is -0.349 e. The summed E-state index contributed by atoms with van der Waals surface area (Å²) in [6, 6.07) is 3.46. The van der Waals surface area contributed by atoms with E-state index in [9.17, 15) is 13.6 Å². The first-order valence-electron chi connectivity index (χ1n) is 6.11. The van der Waals surface area contributed by atoms with Crippen molar-refractivity contribution in [1.82, 2.24) is 15.2 Å². The Morgan fingerprint density at radius 3 is 3.11 bits per heavy atom. The highest BCUT2D eigenvalue weighted by atomic mass is 19.3. The van der Waals surface area contributed by atoms with Gasteiger partial charge in [0.2, 0.25) is 0 Å². The Bertz CT molecular complexity index is 400. The molecule has 0 radical (unpaired) electrons. The molecule has 1 aromatic rings. The van der Waals surface area contributed by atoms with Gasteiger partial charge >= 0.3 is 0 Å². The lowest BCUT2D eigenvalue weighted by molar-refractivity contribution is 0.0927. The highest BCUT2D eigenvalue weighted by molar-refractivity contribution is 5.92. The fourth-order valence-corrected chi connectivity index (χ4v) is 2.17. The molecular formula is C12H17F2N3O. The highest BCUT2D eigenvalue weighted by Gasteiger charge is 2.17. The first kappa shape index (κ1) is 13.0. The molecule has 1 aromatic heterocycles. The number of aromatic nitrogens is 1. The molecule has 0 saturated carbocycles. The van der Waals surface area contributed by atoms with Gasteiger partial charge in [-0.15, -0.1) is 0 Å². The van der Waals surface area contributed by atoms with Crippen LogP contribution in [0.2, 0.25) is 0 Å². The molecule has 1 unspecified atom stereocenters. The number of amides is 1. The summed E-state index contributed by atoms with van der Waals surface area (Å²) in [5, 5.41) is 6.04.